The van der Waals surface area contributed by atoms with E-state index in [1.54, 1.807) is 26.1 Å². The highest BCUT2D eigenvalue weighted by atomic mass is 16.5. The fourth-order valence-electron chi connectivity index (χ4n) is 0.792. The Morgan fingerprint density at radius 2 is 2.25 bits per heavy atom. The van der Waals surface area contributed by atoms with Gasteiger partial charge >= 0.3 is 0 Å². The van der Waals surface area contributed by atoms with Crippen molar-refractivity contribution in [3.8, 4) is 0 Å². The third-order valence-electron chi connectivity index (χ3n) is 1.81. The molecular formula is C8H18N2O2. The fraction of sp³-hybridized carbons (Fsp3) is 0.875. The highest BCUT2D eigenvalue weighted by Gasteiger charge is 2.14. The van der Waals surface area contributed by atoms with E-state index in [4.69, 9.17) is 4.74 Å². The molecule has 0 aliphatic heterocycles. The molecule has 0 aromatic carbocycles. The highest BCUT2D eigenvalue weighted by molar-refractivity contribution is 5.81. The van der Waals surface area contributed by atoms with E-state index in [9.17, 15) is 4.79 Å². The van der Waals surface area contributed by atoms with Gasteiger partial charge in [0.05, 0.1) is 12.6 Å². The first kappa shape index (κ1) is 11.4. The van der Waals surface area contributed by atoms with Gasteiger partial charge in [0.2, 0.25) is 5.91 Å². The molecule has 0 unspecified atom stereocenters. The van der Waals surface area contributed by atoms with Crippen molar-refractivity contribution < 1.29 is 9.53 Å². The Morgan fingerprint density at radius 1 is 1.67 bits per heavy atom. The van der Waals surface area contributed by atoms with Gasteiger partial charge in [0.15, 0.2) is 0 Å². The predicted octanol–water partition coefficient (Wildman–Crippen LogP) is -0.301. The van der Waals surface area contributed by atoms with Crippen LogP contribution in [-0.2, 0) is 9.53 Å². The van der Waals surface area contributed by atoms with E-state index in [1.165, 1.54) is 0 Å². The summed E-state index contributed by atoms with van der Waals surface area (Å²) in [5, 5.41) is 2.89. The summed E-state index contributed by atoms with van der Waals surface area (Å²) >= 11 is 0. The molecule has 4 heteroatoms. The molecule has 0 aromatic heterocycles. The minimum Gasteiger partial charge on any atom is -0.383 e. The summed E-state index contributed by atoms with van der Waals surface area (Å²) in [5.74, 6) is 0.0922. The molecule has 72 valence electrons. The first-order chi connectivity index (χ1) is 5.63. The number of carbonyl (C=O) groups excluding carboxylic acids is 1. The Bertz CT molecular complexity index is 139. The second-order valence-electron chi connectivity index (χ2n) is 2.76. The number of hydrogen-bond acceptors (Lipinski definition) is 3. The standard InChI is InChI=1S/C8H18N2O2/c1-7(9-2)8(11)10(3)5-6-12-4/h7,9H,5-6H2,1-4H3/t7-/m0/s1. The van der Waals surface area contributed by atoms with E-state index in [0.29, 0.717) is 13.2 Å². The summed E-state index contributed by atoms with van der Waals surface area (Å²) in [6.07, 6.45) is 0. The first-order valence-electron chi connectivity index (χ1n) is 4.04. The van der Waals surface area contributed by atoms with Gasteiger partial charge in [0.25, 0.3) is 0 Å². The molecule has 0 rings (SSSR count). The van der Waals surface area contributed by atoms with Gasteiger partial charge in [0, 0.05) is 20.7 Å². The first-order valence-corrected chi connectivity index (χ1v) is 4.04. The average Bonchev–Trinajstić information content (AvgIpc) is 2.11. The molecule has 0 heterocycles. The summed E-state index contributed by atoms with van der Waals surface area (Å²) in [5.41, 5.74) is 0. The maximum absolute atomic E-state index is 11.4. The van der Waals surface area contributed by atoms with Crippen molar-refractivity contribution in [2.45, 2.75) is 13.0 Å². The maximum Gasteiger partial charge on any atom is 0.239 e. The normalized spacial score (nSPS) is 12.7. The van der Waals surface area contributed by atoms with Crippen molar-refractivity contribution in [3.63, 3.8) is 0 Å². The quantitative estimate of drug-likeness (QED) is 0.622. The second-order valence-corrected chi connectivity index (χ2v) is 2.76. The molecule has 0 aliphatic rings. The molecule has 0 saturated heterocycles. The topological polar surface area (TPSA) is 41.6 Å². The van der Waals surface area contributed by atoms with E-state index in [1.807, 2.05) is 6.92 Å². The van der Waals surface area contributed by atoms with Crippen molar-refractivity contribution in [2.24, 2.45) is 0 Å². The van der Waals surface area contributed by atoms with Crippen LogP contribution in [0.2, 0.25) is 0 Å². The monoisotopic (exact) mass is 174 g/mol. The molecule has 1 amide bonds. The Morgan fingerprint density at radius 3 is 2.67 bits per heavy atom. The lowest BCUT2D eigenvalue weighted by Gasteiger charge is -2.20. The zero-order valence-electron chi connectivity index (χ0n) is 8.26. The summed E-state index contributed by atoms with van der Waals surface area (Å²) in [6, 6.07) is -0.119. The number of ether oxygens (including phenoxy) is 1. The minimum atomic E-state index is -0.119. The lowest BCUT2D eigenvalue weighted by Crippen LogP contribution is -2.42. The van der Waals surface area contributed by atoms with Crippen LogP contribution in [0.25, 0.3) is 0 Å². The summed E-state index contributed by atoms with van der Waals surface area (Å²) < 4.78 is 4.86. The van der Waals surface area contributed by atoms with Crippen LogP contribution >= 0.6 is 0 Å². The Balaban J connectivity index is 3.75. The van der Waals surface area contributed by atoms with Crippen LogP contribution in [0.15, 0.2) is 0 Å². The number of nitrogens with one attached hydrogen (secondary N) is 1. The zero-order chi connectivity index (χ0) is 9.56. The van der Waals surface area contributed by atoms with Crippen LogP contribution in [0.3, 0.4) is 0 Å². The van der Waals surface area contributed by atoms with Crippen LogP contribution in [0, 0.1) is 0 Å². The number of rotatable bonds is 5. The molecule has 12 heavy (non-hydrogen) atoms. The smallest absolute Gasteiger partial charge is 0.239 e. The molecule has 1 atom stereocenters. The third-order valence-corrected chi connectivity index (χ3v) is 1.81. The van der Waals surface area contributed by atoms with Crippen LogP contribution in [0.1, 0.15) is 6.92 Å². The van der Waals surface area contributed by atoms with E-state index < -0.39 is 0 Å². The predicted molar refractivity (Wildman–Crippen MR) is 48.0 cm³/mol. The summed E-state index contributed by atoms with van der Waals surface area (Å²) in [4.78, 5) is 13.0. The van der Waals surface area contributed by atoms with E-state index in [2.05, 4.69) is 5.32 Å². The van der Waals surface area contributed by atoms with Gasteiger partial charge in [-0.2, -0.15) is 0 Å². The van der Waals surface area contributed by atoms with Gasteiger partial charge in [0.1, 0.15) is 0 Å². The molecule has 0 bridgehead atoms. The fourth-order valence-corrected chi connectivity index (χ4v) is 0.792. The van der Waals surface area contributed by atoms with Crippen molar-refractivity contribution in [3.05, 3.63) is 0 Å². The van der Waals surface area contributed by atoms with Gasteiger partial charge in [-0.15, -0.1) is 0 Å². The van der Waals surface area contributed by atoms with Crippen LogP contribution in [-0.4, -0.2) is 51.2 Å². The van der Waals surface area contributed by atoms with Crippen LogP contribution in [0.5, 0.6) is 0 Å². The van der Waals surface area contributed by atoms with Gasteiger partial charge < -0.3 is 15.0 Å². The molecule has 0 radical (unpaired) electrons. The van der Waals surface area contributed by atoms with Gasteiger partial charge in [-0.05, 0) is 14.0 Å². The molecule has 1 N–H and O–H groups in total. The molecule has 0 aliphatic carbocycles. The Hall–Kier alpha value is -0.610. The van der Waals surface area contributed by atoms with E-state index >= 15 is 0 Å². The number of methoxy groups -OCH3 is 1. The lowest BCUT2D eigenvalue weighted by molar-refractivity contribution is -0.132. The molecule has 0 aromatic rings. The number of likely N-dealkylation sites (N-methyl/N-ethyl adjacent to an activating group) is 2. The van der Waals surface area contributed by atoms with Crippen LogP contribution in [0.4, 0.5) is 0 Å². The third kappa shape index (κ3) is 3.69. The number of nitrogens with zero attached hydrogens (tertiary/aromatic N) is 1. The maximum atomic E-state index is 11.4. The molecule has 0 fully saturated rings. The molecular weight excluding hydrogens is 156 g/mol. The van der Waals surface area contributed by atoms with E-state index in [-0.39, 0.29) is 11.9 Å². The largest absolute Gasteiger partial charge is 0.383 e. The van der Waals surface area contributed by atoms with Gasteiger partial charge in [-0.1, -0.05) is 0 Å². The average molecular weight is 174 g/mol. The zero-order valence-corrected chi connectivity index (χ0v) is 8.26. The molecule has 0 saturated carbocycles. The van der Waals surface area contributed by atoms with Crippen LogP contribution < -0.4 is 5.32 Å². The van der Waals surface area contributed by atoms with Crippen molar-refractivity contribution >= 4 is 5.91 Å². The summed E-state index contributed by atoms with van der Waals surface area (Å²) in [7, 11) is 5.17. The molecule has 0 spiro atoms. The van der Waals surface area contributed by atoms with Crippen molar-refractivity contribution in [1.29, 1.82) is 0 Å². The Labute approximate surface area is 73.9 Å². The lowest BCUT2D eigenvalue weighted by atomic mass is 10.3. The SMILES string of the molecule is CN[C@@H](C)C(=O)N(C)CCOC. The van der Waals surface area contributed by atoms with Gasteiger partial charge in [-0.3, -0.25) is 4.79 Å². The number of amides is 1. The van der Waals surface area contributed by atoms with E-state index in [0.717, 1.165) is 0 Å². The summed E-state index contributed by atoms with van der Waals surface area (Å²) in [6.45, 7) is 3.06. The highest BCUT2D eigenvalue weighted by Crippen LogP contribution is 1.90. The Kier molecular flexibility index (Phi) is 5.66. The molecule has 4 nitrogen and oxygen atoms in total. The second kappa shape index (κ2) is 5.97. The minimum absolute atomic E-state index is 0.0922. The van der Waals surface area contributed by atoms with Crippen molar-refractivity contribution in [2.75, 3.05) is 34.4 Å². The number of hydrogen-bond donors (Lipinski definition) is 1. The van der Waals surface area contributed by atoms with Crippen molar-refractivity contribution in [1.82, 2.24) is 10.2 Å². The van der Waals surface area contributed by atoms with Gasteiger partial charge in [-0.25, -0.2) is 0 Å². The number of carbonyl (C=O) groups is 1.